The minimum Gasteiger partial charge on any atom is -0.497 e. The van der Waals surface area contributed by atoms with Crippen molar-refractivity contribution in [1.29, 1.82) is 5.26 Å². The van der Waals surface area contributed by atoms with E-state index in [9.17, 15) is 10.1 Å². The Hall–Kier alpha value is -4.48. The molecule has 0 atom stereocenters. The summed E-state index contributed by atoms with van der Waals surface area (Å²) >= 11 is 1.37. The molecule has 0 saturated carbocycles. The number of anilines is 1. The zero-order valence-electron chi connectivity index (χ0n) is 22.1. The third-order valence-corrected chi connectivity index (χ3v) is 6.87. The Morgan fingerprint density at radius 3 is 2.44 bits per heavy atom. The largest absolute Gasteiger partial charge is 0.497 e. The number of benzene rings is 3. The van der Waals surface area contributed by atoms with Crippen molar-refractivity contribution in [2.75, 3.05) is 31.9 Å². The second-order valence-corrected chi connectivity index (χ2v) is 9.44. The number of nitrogens with zero attached hydrogens (tertiary/aromatic N) is 2. The Labute approximate surface area is 232 Å². The fourth-order valence-corrected chi connectivity index (χ4v) is 4.98. The molecule has 1 heterocycles. The Morgan fingerprint density at radius 1 is 0.949 bits per heavy atom. The number of nitriles is 1. The number of para-hydroxylation sites is 2. The Morgan fingerprint density at radius 2 is 1.72 bits per heavy atom. The van der Waals surface area contributed by atoms with Crippen molar-refractivity contribution < 1.29 is 19.0 Å². The number of rotatable bonds is 11. The number of thioether (sulfide) groups is 1. The number of aromatic nitrogens is 1. The summed E-state index contributed by atoms with van der Waals surface area (Å²) in [6.45, 7) is 2.40. The molecule has 7 nitrogen and oxygen atoms in total. The number of hydrogen-bond acceptors (Lipinski definition) is 7. The van der Waals surface area contributed by atoms with Crippen molar-refractivity contribution in [2.45, 2.75) is 18.4 Å². The van der Waals surface area contributed by atoms with E-state index in [-0.39, 0.29) is 12.3 Å². The van der Waals surface area contributed by atoms with Crippen LogP contribution in [0.15, 0.2) is 83.9 Å². The predicted molar refractivity (Wildman–Crippen MR) is 155 cm³/mol. The van der Waals surface area contributed by atoms with Gasteiger partial charge in [0.25, 0.3) is 0 Å². The van der Waals surface area contributed by atoms with Gasteiger partial charge in [-0.05, 0) is 43.3 Å². The van der Waals surface area contributed by atoms with Crippen molar-refractivity contribution in [3.63, 3.8) is 0 Å². The van der Waals surface area contributed by atoms with Crippen molar-refractivity contribution in [1.82, 2.24) is 4.98 Å². The van der Waals surface area contributed by atoms with E-state index >= 15 is 0 Å². The molecule has 0 fully saturated rings. The smallest absolute Gasteiger partial charge is 0.225 e. The first kappa shape index (κ1) is 27.6. The van der Waals surface area contributed by atoms with E-state index < -0.39 is 0 Å². The molecule has 3 aromatic carbocycles. The Kier molecular flexibility index (Phi) is 9.44. The minimum absolute atomic E-state index is 0.151. The maximum atomic E-state index is 12.7. The van der Waals surface area contributed by atoms with Gasteiger partial charge in [0.1, 0.15) is 28.3 Å². The molecular formula is C31H29N3O4S. The molecule has 1 amide bonds. The number of ether oxygens (including phenoxy) is 3. The van der Waals surface area contributed by atoms with Crippen LogP contribution < -0.4 is 19.5 Å². The van der Waals surface area contributed by atoms with Gasteiger partial charge >= 0.3 is 0 Å². The van der Waals surface area contributed by atoms with Crippen LogP contribution in [-0.4, -0.2) is 37.5 Å². The van der Waals surface area contributed by atoms with Crippen LogP contribution in [0, 0.1) is 11.3 Å². The van der Waals surface area contributed by atoms with Crippen LogP contribution in [-0.2, 0) is 4.79 Å². The number of amides is 1. The highest BCUT2D eigenvalue weighted by atomic mass is 32.2. The highest BCUT2D eigenvalue weighted by molar-refractivity contribution is 7.99. The summed E-state index contributed by atoms with van der Waals surface area (Å²) in [5, 5.41) is 13.7. The highest BCUT2D eigenvalue weighted by Crippen LogP contribution is 2.40. The molecule has 0 spiro atoms. The van der Waals surface area contributed by atoms with E-state index in [1.165, 1.54) is 11.8 Å². The molecule has 1 N–H and O–H groups in total. The third kappa shape index (κ3) is 6.70. The Bertz CT molecular complexity index is 1490. The van der Waals surface area contributed by atoms with E-state index in [0.717, 1.165) is 11.1 Å². The van der Waals surface area contributed by atoms with Gasteiger partial charge in [0, 0.05) is 28.9 Å². The summed E-state index contributed by atoms with van der Waals surface area (Å²) in [5.74, 6) is 2.16. The number of carbonyl (C=O) groups is 1. The molecule has 0 aliphatic rings. The van der Waals surface area contributed by atoms with E-state index in [4.69, 9.17) is 19.2 Å². The predicted octanol–water partition coefficient (Wildman–Crippen LogP) is 6.82. The molecule has 1 aromatic heterocycles. The summed E-state index contributed by atoms with van der Waals surface area (Å²) in [7, 11) is 3.19. The molecule has 4 aromatic rings. The first-order valence-corrected chi connectivity index (χ1v) is 13.4. The maximum Gasteiger partial charge on any atom is 0.225 e. The molecule has 0 aliphatic heterocycles. The zero-order chi connectivity index (χ0) is 27.6. The van der Waals surface area contributed by atoms with Gasteiger partial charge in [-0.1, -0.05) is 42.5 Å². The number of nitrogens with one attached hydrogen (secondary N) is 1. The molecule has 0 unspecified atom stereocenters. The van der Waals surface area contributed by atoms with Crippen LogP contribution in [0.5, 0.6) is 17.2 Å². The molecule has 39 heavy (non-hydrogen) atoms. The second kappa shape index (κ2) is 13.4. The monoisotopic (exact) mass is 539 g/mol. The van der Waals surface area contributed by atoms with Gasteiger partial charge in [0.2, 0.25) is 5.91 Å². The zero-order valence-corrected chi connectivity index (χ0v) is 22.9. The van der Waals surface area contributed by atoms with E-state index in [1.807, 2.05) is 85.8 Å². The lowest BCUT2D eigenvalue weighted by Gasteiger charge is -2.16. The van der Waals surface area contributed by atoms with E-state index in [0.29, 0.717) is 57.1 Å². The number of pyridine rings is 1. The van der Waals surface area contributed by atoms with Crippen LogP contribution >= 0.6 is 11.8 Å². The standard InChI is InChI=1S/C31H29N3O4S/c1-4-38-29-13-9-8-12-26(29)33-30(35)16-17-39-31-25(20-32)23(19-27(34-31)21-10-6-5-7-11-21)24-18-22(36-2)14-15-28(24)37-3/h5-15,18-19H,4,16-17H2,1-3H3,(H,33,35). The summed E-state index contributed by atoms with van der Waals surface area (Å²) in [6, 6.07) is 26.8. The van der Waals surface area contributed by atoms with Crippen LogP contribution in [0.3, 0.4) is 0 Å². The third-order valence-electron chi connectivity index (χ3n) is 5.89. The van der Waals surface area contributed by atoms with Gasteiger partial charge in [0.15, 0.2) is 0 Å². The molecule has 4 rings (SSSR count). The number of hydrogen-bond donors (Lipinski definition) is 1. The fraction of sp³-hybridized carbons (Fsp3) is 0.194. The summed E-state index contributed by atoms with van der Waals surface area (Å²) in [6.07, 6.45) is 0.227. The van der Waals surface area contributed by atoms with Crippen LogP contribution in [0.2, 0.25) is 0 Å². The first-order valence-electron chi connectivity index (χ1n) is 12.4. The minimum atomic E-state index is -0.151. The van der Waals surface area contributed by atoms with Crippen LogP contribution in [0.1, 0.15) is 18.9 Å². The maximum absolute atomic E-state index is 12.7. The average molecular weight is 540 g/mol. The molecule has 198 valence electrons. The quantitative estimate of drug-likeness (QED) is 0.209. The lowest BCUT2D eigenvalue weighted by Crippen LogP contribution is -2.13. The average Bonchev–Trinajstić information content (AvgIpc) is 2.98. The second-order valence-electron chi connectivity index (χ2n) is 8.36. The molecular weight excluding hydrogens is 510 g/mol. The molecule has 8 heteroatoms. The number of methoxy groups -OCH3 is 2. The van der Waals surface area contributed by atoms with E-state index in [1.54, 1.807) is 14.2 Å². The van der Waals surface area contributed by atoms with Gasteiger partial charge in [-0.25, -0.2) is 4.98 Å². The van der Waals surface area contributed by atoms with Gasteiger partial charge in [-0.2, -0.15) is 5.26 Å². The van der Waals surface area contributed by atoms with E-state index in [2.05, 4.69) is 11.4 Å². The van der Waals surface area contributed by atoms with Gasteiger partial charge in [-0.15, -0.1) is 11.8 Å². The lowest BCUT2D eigenvalue weighted by molar-refractivity contribution is -0.115. The highest BCUT2D eigenvalue weighted by Gasteiger charge is 2.19. The van der Waals surface area contributed by atoms with Gasteiger partial charge in [0.05, 0.1) is 37.8 Å². The first-order chi connectivity index (χ1) is 19.1. The normalized spacial score (nSPS) is 10.4. The fourth-order valence-electron chi connectivity index (χ4n) is 4.03. The topological polar surface area (TPSA) is 93.5 Å². The summed E-state index contributed by atoms with van der Waals surface area (Å²) in [4.78, 5) is 17.6. The Balaban J connectivity index is 1.65. The van der Waals surface area contributed by atoms with Crippen LogP contribution in [0.4, 0.5) is 5.69 Å². The van der Waals surface area contributed by atoms with Gasteiger partial charge < -0.3 is 19.5 Å². The molecule has 0 bridgehead atoms. The van der Waals surface area contributed by atoms with Crippen molar-refractivity contribution in [2.24, 2.45) is 0 Å². The number of carbonyl (C=O) groups excluding carboxylic acids is 1. The van der Waals surface area contributed by atoms with Crippen molar-refractivity contribution >= 4 is 23.4 Å². The SMILES string of the molecule is CCOc1ccccc1NC(=O)CCSc1nc(-c2ccccc2)cc(-c2cc(OC)ccc2OC)c1C#N. The summed E-state index contributed by atoms with van der Waals surface area (Å²) < 4.78 is 16.7. The van der Waals surface area contributed by atoms with Crippen molar-refractivity contribution in [3.8, 4) is 45.7 Å². The van der Waals surface area contributed by atoms with Gasteiger partial charge in [-0.3, -0.25) is 4.79 Å². The lowest BCUT2D eigenvalue weighted by atomic mass is 9.98. The molecule has 0 aliphatic carbocycles. The molecule has 0 radical (unpaired) electrons. The molecule has 0 saturated heterocycles. The summed E-state index contributed by atoms with van der Waals surface area (Å²) in [5.41, 5.74) is 4.07. The van der Waals surface area contributed by atoms with Crippen LogP contribution in [0.25, 0.3) is 22.4 Å². The van der Waals surface area contributed by atoms with Crippen molar-refractivity contribution in [3.05, 3.63) is 84.4 Å².